The Hall–Kier alpha value is -3.62. The lowest BCUT2D eigenvalue weighted by atomic mass is 10.0. The number of anilines is 1. The Balaban J connectivity index is 1.39. The van der Waals surface area contributed by atoms with E-state index >= 15 is 0 Å². The van der Waals surface area contributed by atoms with Crippen molar-refractivity contribution in [1.29, 1.82) is 0 Å². The predicted molar refractivity (Wildman–Crippen MR) is 121 cm³/mol. The van der Waals surface area contributed by atoms with Crippen LogP contribution in [-0.4, -0.2) is 79.9 Å². The smallest absolute Gasteiger partial charge is 0.257 e. The molecule has 2 aliphatic rings. The summed E-state index contributed by atoms with van der Waals surface area (Å²) in [6.07, 6.45) is -0.130. The second-order valence-corrected chi connectivity index (χ2v) is 8.06. The molecule has 2 heterocycles. The zero-order valence-electron chi connectivity index (χ0n) is 18.5. The number of methoxy groups -OCH3 is 1. The van der Waals surface area contributed by atoms with Gasteiger partial charge in [0.05, 0.1) is 19.1 Å². The molecule has 1 atom stereocenters. The first-order valence-electron chi connectivity index (χ1n) is 11.0. The molecule has 8 nitrogen and oxygen atoms in total. The number of halogens is 1. The summed E-state index contributed by atoms with van der Waals surface area (Å²) in [6.45, 7) is 2.84. The van der Waals surface area contributed by atoms with Gasteiger partial charge in [0.25, 0.3) is 5.91 Å². The molecule has 2 aromatic carbocycles. The number of hydrogen-bond acceptors (Lipinski definition) is 5. The molecule has 2 aliphatic heterocycles. The van der Waals surface area contributed by atoms with Crippen molar-refractivity contribution in [2.45, 2.75) is 12.5 Å². The molecular weight excluding hydrogens is 427 g/mol. The van der Waals surface area contributed by atoms with Crippen LogP contribution < -0.4 is 15.0 Å². The highest BCUT2D eigenvalue weighted by molar-refractivity contribution is 5.99. The summed E-state index contributed by atoms with van der Waals surface area (Å²) in [5, 5.41) is 2.71. The fourth-order valence-corrected chi connectivity index (χ4v) is 4.25. The third-order valence-corrected chi connectivity index (χ3v) is 6.13. The van der Waals surface area contributed by atoms with Gasteiger partial charge in [-0.2, -0.15) is 0 Å². The number of nitrogens with zero attached hydrogens (tertiary/aromatic N) is 3. The Morgan fingerprint density at radius 3 is 2.39 bits per heavy atom. The van der Waals surface area contributed by atoms with Crippen molar-refractivity contribution in [3.63, 3.8) is 0 Å². The number of nitrogens with one attached hydrogen (secondary N) is 1. The SMILES string of the molecule is COc1ccc(N2CCN(C(=O)C[C@@H]3C(=O)NCCN3C(=O)c3ccccc3F)CC2)cc1. The van der Waals surface area contributed by atoms with Crippen molar-refractivity contribution >= 4 is 23.4 Å². The molecular formula is C24H27FN4O4. The van der Waals surface area contributed by atoms with E-state index in [1.54, 1.807) is 18.1 Å². The van der Waals surface area contributed by atoms with Crippen molar-refractivity contribution in [1.82, 2.24) is 15.1 Å². The van der Waals surface area contributed by atoms with Crippen LogP contribution in [0.1, 0.15) is 16.8 Å². The average Bonchev–Trinajstić information content (AvgIpc) is 2.85. The Bertz CT molecular complexity index is 1020. The number of amides is 3. The highest BCUT2D eigenvalue weighted by Crippen LogP contribution is 2.22. The van der Waals surface area contributed by atoms with E-state index in [-0.39, 0.29) is 31.0 Å². The van der Waals surface area contributed by atoms with E-state index < -0.39 is 23.7 Å². The number of rotatable bonds is 5. The normalized spacial score (nSPS) is 18.7. The van der Waals surface area contributed by atoms with E-state index in [2.05, 4.69) is 10.2 Å². The molecule has 0 aliphatic carbocycles. The molecule has 2 fully saturated rings. The van der Waals surface area contributed by atoms with Crippen molar-refractivity contribution < 1.29 is 23.5 Å². The lowest BCUT2D eigenvalue weighted by Crippen LogP contribution is -2.59. The molecule has 9 heteroatoms. The van der Waals surface area contributed by atoms with Crippen LogP contribution in [0.15, 0.2) is 48.5 Å². The number of carbonyl (C=O) groups is 3. The Morgan fingerprint density at radius 2 is 1.73 bits per heavy atom. The van der Waals surface area contributed by atoms with Gasteiger partial charge in [-0.3, -0.25) is 14.4 Å². The Morgan fingerprint density at radius 1 is 1.03 bits per heavy atom. The van der Waals surface area contributed by atoms with Gasteiger partial charge in [0.1, 0.15) is 17.6 Å². The summed E-state index contributed by atoms with van der Waals surface area (Å²) >= 11 is 0. The van der Waals surface area contributed by atoms with Gasteiger partial charge in [-0.05, 0) is 36.4 Å². The summed E-state index contributed by atoms with van der Waals surface area (Å²) < 4.78 is 19.4. The van der Waals surface area contributed by atoms with Crippen LogP contribution >= 0.6 is 0 Å². The van der Waals surface area contributed by atoms with E-state index in [9.17, 15) is 18.8 Å². The molecule has 3 amide bonds. The molecule has 2 saturated heterocycles. The van der Waals surface area contributed by atoms with E-state index in [0.717, 1.165) is 11.4 Å². The van der Waals surface area contributed by atoms with Crippen LogP contribution in [-0.2, 0) is 9.59 Å². The van der Waals surface area contributed by atoms with Gasteiger partial charge >= 0.3 is 0 Å². The third kappa shape index (κ3) is 4.92. The standard InChI is InChI=1S/C24H27FN4O4/c1-33-18-8-6-17(7-9-18)27-12-14-28(15-13-27)22(30)16-21-23(31)26-10-11-29(21)24(32)19-4-2-3-5-20(19)25/h2-9,21H,10-16H2,1H3,(H,26,31)/t21-/m1/s1. The van der Waals surface area contributed by atoms with Gasteiger partial charge in [0.2, 0.25) is 11.8 Å². The lowest BCUT2D eigenvalue weighted by Gasteiger charge is -2.39. The molecule has 33 heavy (non-hydrogen) atoms. The van der Waals surface area contributed by atoms with Crippen LogP contribution in [0.2, 0.25) is 0 Å². The minimum atomic E-state index is -0.960. The molecule has 2 aromatic rings. The molecule has 0 saturated carbocycles. The molecule has 4 rings (SSSR count). The van der Waals surface area contributed by atoms with Crippen molar-refractivity contribution in [3.8, 4) is 5.75 Å². The van der Waals surface area contributed by atoms with E-state index in [0.29, 0.717) is 26.2 Å². The molecule has 1 N–H and O–H groups in total. The third-order valence-electron chi connectivity index (χ3n) is 6.13. The van der Waals surface area contributed by atoms with Gasteiger partial charge in [-0.1, -0.05) is 12.1 Å². The zero-order valence-corrected chi connectivity index (χ0v) is 18.5. The van der Waals surface area contributed by atoms with E-state index in [1.807, 2.05) is 24.3 Å². The maximum atomic E-state index is 14.2. The maximum Gasteiger partial charge on any atom is 0.257 e. The monoisotopic (exact) mass is 454 g/mol. The molecule has 0 radical (unpaired) electrons. The topological polar surface area (TPSA) is 82.2 Å². The fraction of sp³-hybridized carbons (Fsp3) is 0.375. The molecule has 174 valence electrons. The average molecular weight is 455 g/mol. The number of hydrogen-bond donors (Lipinski definition) is 1. The van der Waals surface area contributed by atoms with Gasteiger partial charge in [0, 0.05) is 45.0 Å². The molecule has 0 aromatic heterocycles. The van der Waals surface area contributed by atoms with E-state index in [1.165, 1.54) is 23.1 Å². The second kappa shape index (κ2) is 9.89. The summed E-state index contributed by atoms with van der Waals surface area (Å²) in [7, 11) is 1.62. The lowest BCUT2D eigenvalue weighted by molar-refractivity contribution is -0.138. The molecule has 0 spiro atoms. The summed E-state index contributed by atoms with van der Waals surface area (Å²) in [6, 6.07) is 12.5. The largest absolute Gasteiger partial charge is 0.497 e. The zero-order chi connectivity index (χ0) is 23.4. The minimum absolute atomic E-state index is 0.0993. The summed E-state index contributed by atoms with van der Waals surface area (Å²) in [5.74, 6) is -1.03. The minimum Gasteiger partial charge on any atom is -0.497 e. The fourth-order valence-electron chi connectivity index (χ4n) is 4.25. The number of carbonyl (C=O) groups excluding carboxylic acids is 3. The number of ether oxygens (including phenoxy) is 1. The van der Waals surface area contributed by atoms with Gasteiger partial charge < -0.3 is 24.8 Å². The highest BCUT2D eigenvalue weighted by atomic mass is 19.1. The number of benzene rings is 2. The molecule has 0 bridgehead atoms. The number of piperazine rings is 2. The van der Waals surface area contributed by atoms with Crippen LogP contribution in [0.5, 0.6) is 5.75 Å². The quantitative estimate of drug-likeness (QED) is 0.741. The van der Waals surface area contributed by atoms with E-state index in [4.69, 9.17) is 4.74 Å². The summed E-state index contributed by atoms with van der Waals surface area (Å²) in [4.78, 5) is 43.7. The van der Waals surface area contributed by atoms with Gasteiger partial charge in [0.15, 0.2) is 0 Å². The van der Waals surface area contributed by atoms with Gasteiger partial charge in [-0.15, -0.1) is 0 Å². The van der Waals surface area contributed by atoms with Crippen LogP contribution in [0.3, 0.4) is 0 Å². The van der Waals surface area contributed by atoms with Crippen LogP contribution in [0.25, 0.3) is 0 Å². The van der Waals surface area contributed by atoms with Crippen molar-refractivity contribution in [3.05, 3.63) is 59.9 Å². The highest BCUT2D eigenvalue weighted by Gasteiger charge is 2.37. The Kier molecular flexibility index (Phi) is 6.76. The maximum absolute atomic E-state index is 14.2. The predicted octanol–water partition coefficient (Wildman–Crippen LogP) is 1.51. The molecule has 0 unspecified atom stereocenters. The van der Waals surface area contributed by atoms with Crippen LogP contribution in [0.4, 0.5) is 10.1 Å². The van der Waals surface area contributed by atoms with Crippen molar-refractivity contribution in [2.75, 3.05) is 51.3 Å². The first kappa shape index (κ1) is 22.6. The van der Waals surface area contributed by atoms with Gasteiger partial charge in [-0.25, -0.2) is 4.39 Å². The Labute approximate surface area is 191 Å². The summed E-state index contributed by atoms with van der Waals surface area (Å²) in [5.41, 5.74) is 0.953. The van der Waals surface area contributed by atoms with Crippen molar-refractivity contribution in [2.24, 2.45) is 0 Å². The first-order chi connectivity index (χ1) is 16.0. The second-order valence-electron chi connectivity index (χ2n) is 8.06. The first-order valence-corrected chi connectivity index (χ1v) is 11.0. The van der Waals surface area contributed by atoms with Crippen LogP contribution in [0, 0.1) is 5.82 Å².